The van der Waals surface area contributed by atoms with Gasteiger partial charge in [0.25, 0.3) is 0 Å². The lowest BCUT2D eigenvalue weighted by Gasteiger charge is -2.08. The molecule has 4 aromatic rings. The maximum absolute atomic E-state index is 8.68. The molecule has 0 saturated heterocycles. The minimum atomic E-state index is 0.520. The van der Waals surface area contributed by atoms with Gasteiger partial charge < -0.3 is 9.94 Å². The number of nitrogens with zero attached hydrogens (tertiary/aromatic N) is 4. The van der Waals surface area contributed by atoms with Gasteiger partial charge in [-0.3, -0.25) is 9.55 Å². The third-order valence-corrected chi connectivity index (χ3v) is 4.23. The van der Waals surface area contributed by atoms with Crippen LogP contribution < -0.4 is 0 Å². The van der Waals surface area contributed by atoms with Crippen molar-refractivity contribution in [1.82, 2.24) is 14.5 Å². The van der Waals surface area contributed by atoms with Gasteiger partial charge >= 0.3 is 0 Å². The first kappa shape index (κ1) is 16.9. The predicted molar refractivity (Wildman–Crippen MR) is 103 cm³/mol. The number of hydrogen-bond acceptors (Lipinski definition) is 5. The molecule has 4 rings (SSSR count). The number of pyridine rings is 1. The van der Waals surface area contributed by atoms with Crippen molar-refractivity contribution in [1.29, 1.82) is 0 Å². The molecule has 6 nitrogen and oxygen atoms in total. The molecule has 0 aliphatic carbocycles. The highest BCUT2D eigenvalue weighted by atomic mass is 16.5. The van der Waals surface area contributed by atoms with Gasteiger partial charge in [-0.05, 0) is 47.0 Å². The topological polar surface area (TPSA) is 72.5 Å². The van der Waals surface area contributed by atoms with Gasteiger partial charge in [-0.25, -0.2) is 4.98 Å². The fraction of sp³-hybridized carbons (Fsp3) is 0.0952. The highest BCUT2D eigenvalue weighted by molar-refractivity contribution is 5.87. The number of fused-ring (bicyclic) bond motifs is 1. The molecule has 134 valence electrons. The van der Waals surface area contributed by atoms with E-state index in [2.05, 4.69) is 21.2 Å². The average Bonchev–Trinajstić information content (AvgIpc) is 3.13. The van der Waals surface area contributed by atoms with Crippen LogP contribution in [0.5, 0.6) is 0 Å². The Morgan fingerprint density at radius 1 is 1.04 bits per heavy atom. The first-order chi connectivity index (χ1) is 13.3. The summed E-state index contributed by atoms with van der Waals surface area (Å²) in [5, 5.41) is 11.7. The summed E-state index contributed by atoms with van der Waals surface area (Å²) in [6.07, 6.45) is 6.74. The van der Waals surface area contributed by atoms with Crippen LogP contribution in [0.2, 0.25) is 0 Å². The van der Waals surface area contributed by atoms with E-state index in [9.17, 15) is 0 Å². The second-order valence-corrected chi connectivity index (χ2v) is 6.13. The Morgan fingerprint density at radius 3 is 2.78 bits per heavy atom. The lowest BCUT2D eigenvalue weighted by molar-refractivity contribution is 0.107. The number of benzene rings is 2. The highest BCUT2D eigenvalue weighted by Gasteiger charge is 2.06. The lowest BCUT2D eigenvalue weighted by atomic mass is 10.2. The summed E-state index contributed by atoms with van der Waals surface area (Å²) >= 11 is 0. The van der Waals surface area contributed by atoms with Crippen molar-refractivity contribution in [2.75, 3.05) is 0 Å². The molecule has 0 aliphatic rings. The molecular weight excluding hydrogens is 340 g/mol. The minimum Gasteiger partial charge on any atom is -0.411 e. The van der Waals surface area contributed by atoms with Crippen LogP contribution in [-0.2, 0) is 18.0 Å². The summed E-state index contributed by atoms with van der Waals surface area (Å²) in [5.41, 5.74) is 5.78. The van der Waals surface area contributed by atoms with E-state index < -0.39 is 0 Å². The van der Waals surface area contributed by atoms with E-state index >= 15 is 0 Å². The molecule has 0 amide bonds. The van der Waals surface area contributed by atoms with Gasteiger partial charge in [-0.2, -0.15) is 0 Å². The van der Waals surface area contributed by atoms with Gasteiger partial charge in [0.1, 0.15) is 6.33 Å². The van der Waals surface area contributed by atoms with Gasteiger partial charge in [0.2, 0.25) is 0 Å². The first-order valence-corrected chi connectivity index (χ1v) is 8.54. The van der Waals surface area contributed by atoms with E-state index in [1.54, 1.807) is 12.5 Å². The molecule has 0 aliphatic heterocycles. The Balaban J connectivity index is 1.53. The molecule has 2 heterocycles. The Labute approximate surface area is 156 Å². The quantitative estimate of drug-likeness (QED) is 0.322. The van der Waals surface area contributed by atoms with Crippen molar-refractivity contribution in [3.05, 3.63) is 90.0 Å². The van der Waals surface area contributed by atoms with Crippen molar-refractivity contribution < 1.29 is 9.94 Å². The van der Waals surface area contributed by atoms with Crippen LogP contribution in [0.3, 0.4) is 0 Å². The summed E-state index contributed by atoms with van der Waals surface area (Å²) in [6, 6.07) is 17.8. The summed E-state index contributed by atoms with van der Waals surface area (Å²) in [7, 11) is 0. The van der Waals surface area contributed by atoms with Gasteiger partial charge in [0.15, 0.2) is 0 Å². The van der Waals surface area contributed by atoms with Crippen molar-refractivity contribution in [2.45, 2.75) is 13.2 Å². The van der Waals surface area contributed by atoms with Crippen molar-refractivity contribution in [3.63, 3.8) is 0 Å². The van der Waals surface area contributed by atoms with Crippen molar-refractivity contribution in [3.8, 4) is 5.69 Å². The molecule has 1 N–H and O–H groups in total. The predicted octanol–water partition coefficient (Wildman–Crippen LogP) is 3.95. The summed E-state index contributed by atoms with van der Waals surface area (Å²) < 4.78 is 7.83. The molecule has 0 unspecified atom stereocenters. The van der Waals surface area contributed by atoms with Gasteiger partial charge in [-0.1, -0.05) is 29.4 Å². The average molecular weight is 358 g/mol. The third-order valence-electron chi connectivity index (χ3n) is 4.23. The van der Waals surface area contributed by atoms with Crippen LogP contribution in [0.15, 0.2) is 78.5 Å². The summed E-state index contributed by atoms with van der Waals surface area (Å²) in [6.45, 7) is 1.05. The van der Waals surface area contributed by atoms with Crippen LogP contribution >= 0.6 is 0 Å². The number of rotatable bonds is 6. The maximum Gasteiger partial charge on any atom is 0.100 e. The molecular formula is C21H18N4O2. The van der Waals surface area contributed by atoms with Crippen LogP contribution in [0.25, 0.3) is 16.7 Å². The normalized spacial score (nSPS) is 11.4. The molecule has 0 atom stereocenters. The Kier molecular flexibility index (Phi) is 4.89. The fourth-order valence-electron chi connectivity index (χ4n) is 2.95. The molecule has 0 fully saturated rings. The van der Waals surface area contributed by atoms with Crippen LogP contribution in [0.1, 0.15) is 16.7 Å². The Morgan fingerprint density at radius 2 is 1.93 bits per heavy atom. The molecule has 6 heteroatoms. The maximum atomic E-state index is 8.68. The van der Waals surface area contributed by atoms with Crippen molar-refractivity contribution >= 4 is 17.2 Å². The zero-order valence-corrected chi connectivity index (χ0v) is 14.6. The number of hydrogen-bond donors (Lipinski definition) is 1. The largest absolute Gasteiger partial charge is 0.411 e. The van der Waals surface area contributed by atoms with E-state index in [0.29, 0.717) is 13.2 Å². The van der Waals surface area contributed by atoms with E-state index in [4.69, 9.17) is 9.94 Å². The van der Waals surface area contributed by atoms with Gasteiger partial charge in [0, 0.05) is 18.1 Å². The second-order valence-electron chi connectivity index (χ2n) is 6.13. The van der Waals surface area contributed by atoms with Gasteiger partial charge in [0.05, 0.1) is 30.5 Å². The van der Waals surface area contributed by atoms with Crippen LogP contribution in [0, 0.1) is 0 Å². The SMILES string of the molecule is O/N=C/c1ccc2c(c1)ncn2-c1cccc(COCc2cccnc2)c1. The molecule has 2 aromatic heterocycles. The van der Waals surface area contributed by atoms with E-state index in [0.717, 1.165) is 33.4 Å². The monoisotopic (exact) mass is 358 g/mol. The van der Waals surface area contributed by atoms with Crippen LogP contribution in [0.4, 0.5) is 0 Å². The first-order valence-electron chi connectivity index (χ1n) is 8.54. The number of imidazole rings is 1. The molecule has 0 saturated carbocycles. The standard InChI is InChI=1S/C21H18N4O2/c26-24-12-16-6-7-21-20(10-16)23-15-25(21)19-5-1-3-17(9-19)13-27-14-18-4-2-8-22-11-18/h1-12,15,26H,13-14H2/b24-12+. The van der Waals surface area contributed by atoms with Gasteiger partial charge in [-0.15, -0.1) is 0 Å². The molecule has 0 spiro atoms. The molecule has 27 heavy (non-hydrogen) atoms. The third kappa shape index (κ3) is 3.86. The minimum absolute atomic E-state index is 0.520. The zero-order valence-electron chi connectivity index (χ0n) is 14.6. The van der Waals surface area contributed by atoms with E-state index in [-0.39, 0.29) is 0 Å². The summed E-state index contributed by atoms with van der Waals surface area (Å²) in [4.78, 5) is 8.54. The molecule has 0 bridgehead atoms. The number of oxime groups is 1. The lowest BCUT2D eigenvalue weighted by Crippen LogP contribution is -1.97. The Bertz CT molecular complexity index is 1070. The number of aromatic nitrogens is 3. The van der Waals surface area contributed by atoms with Crippen molar-refractivity contribution in [2.24, 2.45) is 5.16 Å². The zero-order chi connectivity index (χ0) is 18.5. The molecule has 2 aromatic carbocycles. The fourth-order valence-corrected chi connectivity index (χ4v) is 2.95. The Hall–Kier alpha value is -3.51. The second kappa shape index (κ2) is 7.80. The molecule has 0 radical (unpaired) electrons. The highest BCUT2D eigenvalue weighted by Crippen LogP contribution is 2.20. The number of ether oxygens (including phenoxy) is 1. The van der Waals surface area contributed by atoms with E-state index in [1.165, 1.54) is 6.21 Å². The summed E-state index contributed by atoms with van der Waals surface area (Å²) in [5.74, 6) is 0. The smallest absolute Gasteiger partial charge is 0.100 e. The van der Waals surface area contributed by atoms with Crippen LogP contribution in [-0.4, -0.2) is 26.0 Å². The van der Waals surface area contributed by atoms with E-state index in [1.807, 2.05) is 59.3 Å².